The summed E-state index contributed by atoms with van der Waals surface area (Å²) in [5, 5.41) is 12.6. The van der Waals surface area contributed by atoms with Gasteiger partial charge in [-0.05, 0) is 49.0 Å². The monoisotopic (exact) mass is 301 g/mol. The van der Waals surface area contributed by atoms with Crippen molar-refractivity contribution >= 4 is 5.91 Å². The van der Waals surface area contributed by atoms with Crippen LogP contribution >= 0.6 is 0 Å². The first-order valence-electron chi connectivity index (χ1n) is 7.70. The molecule has 116 valence electrons. The summed E-state index contributed by atoms with van der Waals surface area (Å²) in [5.41, 5.74) is 4.12. The summed E-state index contributed by atoms with van der Waals surface area (Å²) in [7, 11) is 0. The molecule has 2 N–H and O–H groups in total. The van der Waals surface area contributed by atoms with E-state index in [9.17, 15) is 9.90 Å². The maximum absolute atomic E-state index is 12.2. The summed E-state index contributed by atoms with van der Waals surface area (Å²) < 4.78 is 10.8. The molecule has 1 fully saturated rings. The number of hydrogen-bond acceptors (Lipinski definition) is 4. The Labute approximate surface area is 129 Å². The summed E-state index contributed by atoms with van der Waals surface area (Å²) in [6.07, 6.45) is 9.02. The fourth-order valence-corrected chi connectivity index (χ4v) is 3.68. The van der Waals surface area contributed by atoms with Gasteiger partial charge in [-0.1, -0.05) is 12.2 Å². The number of hydrogen-bond donors (Lipinski definition) is 2. The van der Waals surface area contributed by atoms with Gasteiger partial charge in [-0.15, -0.1) is 0 Å². The Kier molecular flexibility index (Phi) is 3.20. The lowest BCUT2D eigenvalue weighted by Gasteiger charge is -2.15. The number of rotatable bonds is 2. The molecule has 0 radical (unpaired) electrons. The van der Waals surface area contributed by atoms with Crippen LogP contribution in [0.5, 0.6) is 0 Å². The van der Waals surface area contributed by atoms with Crippen molar-refractivity contribution in [3.8, 4) is 0 Å². The molecule has 0 spiro atoms. The summed E-state index contributed by atoms with van der Waals surface area (Å²) >= 11 is 0. The van der Waals surface area contributed by atoms with Crippen LogP contribution < -0.4 is 5.32 Å². The second-order valence-electron chi connectivity index (χ2n) is 6.23. The maximum atomic E-state index is 12.2. The van der Waals surface area contributed by atoms with Gasteiger partial charge in [0, 0.05) is 5.92 Å². The van der Waals surface area contributed by atoms with E-state index in [1.807, 2.05) is 0 Å². The highest BCUT2D eigenvalue weighted by atomic mass is 16.7. The highest BCUT2D eigenvalue weighted by molar-refractivity contribution is 5.97. The fourth-order valence-electron chi connectivity index (χ4n) is 3.68. The van der Waals surface area contributed by atoms with Gasteiger partial charge in [0.1, 0.15) is 0 Å². The molecule has 2 aliphatic carbocycles. The zero-order valence-electron chi connectivity index (χ0n) is 12.4. The van der Waals surface area contributed by atoms with Gasteiger partial charge in [0.15, 0.2) is 6.29 Å². The molecular weight excluding hydrogens is 282 g/mol. The maximum Gasteiger partial charge on any atom is 0.251 e. The number of fused-ring (bicyclic) bond motifs is 2. The number of amides is 1. The number of ether oxygens (including phenoxy) is 2. The van der Waals surface area contributed by atoms with Crippen LogP contribution in [0.2, 0.25) is 0 Å². The first-order chi connectivity index (χ1) is 10.6. The first-order valence-corrected chi connectivity index (χ1v) is 7.70. The van der Waals surface area contributed by atoms with Gasteiger partial charge < -0.3 is 19.9 Å². The molecule has 4 aliphatic rings. The Bertz CT molecular complexity index is 643. The number of nitrogens with one attached hydrogen (secondary N) is 1. The van der Waals surface area contributed by atoms with Gasteiger partial charge in [-0.25, -0.2) is 0 Å². The molecule has 2 aliphatic heterocycles. The third kappa shape index (κ3) is 2.12. The van der Waals surface area contributed by atoms with E-state index in [1.165, 1.54) is 17.4 Å². The molecule has 2 heterocycles. The normalized spacial score (nSPS) is 38.2. The minimum Gasteiger partial charge on any atom is -0.468 e. The van der Waals surface area contributed by atoms with E-state index in [2.05, 4.69) is 17.5 Å². The minimum atomic E-state index is -0.917. The molecule has 0 aromatic heterocycles. The largest absolute Gasteiger partial charge is 0.468 e. The average molecular weight is 301 g/mol. The zero-order chi connectivity index (χ0) is 15.3. The van der Waals surface area contributed by atoms with E-state index < -0.39 is 12.6 Å². The Balaban J connectivity index is 1.51. The third-order valence-electron chi connectivity index (χ3n) is 4.86. The molecule has 5 heteroatoms. The van der Waals surface area contributed by atoms with E-state index in [0.717, 1.165) is 24.8 Å². The quantitative estimate of drug-likeness (QED) is 0.462. The van der Waals surface area contributed by atoms with Gasteiger partial charge in [-0.3, -0.25) is 4.79 Å². The Morgan fingerprint density at radius 1 is 1.50 bits per heavy atom. The highest BCUT2D eigenvalue weighted by Crippen LogP contribution is 2.44. The smallest absolute Gasteiger partial charge is 0.251 e. The summed E-state index contributed by atoms with van der Waals surface area (Å²) in [6, 6.07) is 0.120. The van der Waals surface area contributed by atoms with Crippen LogP contribution in [0.3, 0.4) is 0 Å². The van der Waals surface area contributed by atoms with E-state index in [0.29, 0.717) is 5.57 Å². The lowest BCUT2D eigenvalue weighted by Crippen LogP contribution is -2.28. The van der Waals surface area contributed by atoms with Crippen molar-refractivity contribution in [2.45, 2.75) is 44.8 Å². The van der Waals surface area contributed by atoms with Crippen LogP contribution in [0.25, 0.3) is 0 Å². The molecule has 0 saturated carbocycles. The summed E-state index contributed by atoms with van der Waals surface area (Å²) in [4.78, 5) is 12.2. The van der Waals surface area contributed by atoms with Gasteiger partial charge in [0.2, 0.25) is 6.29 Å². The molecule has 4 atom stereocenters. The van der Waals surface area contributed by atoms with Crippen LogP contribution in [-0.2, 0) is 14.3 Å². The van der Waals surface area contributed by atoms with Crippen molar-refractivity contribution in [1.29, 1.82) is 0 Å². The highest BCUT2D eigenvalue weighted by Gasteiger charge is 2.45. The number of carbonyl (C=O) groups is 1. The lowest BCUT2D eigenvalue weighted by atomic mass is 9.95. The molecule has 5 nitrogen and oxygen atoms in total. The van der Waals surface area contributed by atoms with Gasteiger partial charge in [0.05, 0.1) is 17.9 Å². The zero-order valence-corrected chi connectivity index (χ0v) is 12.4. The van der Waals surface area contributed by atoms with E-state index in [1.54, 1.807) is 13.0 Å². The lowest BCUT2D eigenvalue weighted by molar-refractivity contribution is -0.154. The topological polar surface area (TPSA) is 67.8 Å². The molecule has 1 amide bonds. The second kappa shape index (κ2) is 5.11. The van der Waals surface area contributed by atoms with Crippen LogP contribution in [-0.4, -0.2) is 29.6 Å². The Morgan fingerprint density at radius 2 is 2.36 bits per heavy atom. The van der Waals surface area contributed by atoms with E-state index in [-0.39, 0.29) is 17.9 Å². The summed E-state index contributed by atoms with van der Waals surface area (Å²) in [6.45, 7) is 1.78. The molecule has 0 aromatic carbocycles. The Hall–Kier alpha value is -1.85. The predicted molar refractivity (Wildman–Crippen MR) is 79.2 cm³/mol. The molecule has 3 unspecified atom stereocenters. The van der Waals surface area contributed by atoms with E-state index >= 15 is 0 Å². The average Bonchev–Trinajstić information content (AvgIpc) is 3.10. The second-order valence-corrected chi connectivity index (χ2v) is 6.23. The van der Waals surface area contributed by atoms with Crippen molar-refractivity contribution in [2.75, 3.05) is 0 Å². The molecular formula is C17H19NO4. The van der Waals surface area contributed by atoms with Crippen molar-refractivity contribution < 1.29 is 19.4 Å². The molecule has 22 heavy (non-hydrogen) atoms. The van der Waals surface area contributed by atoms with Gasteiger partial charge in [-0.2, -0.15) is 0 Å². The Morgan fingerprint density at radius 3 is 3.14 bits per heavy atom. The third-order valence-corrected chi connectivity index (χ3v) is 4.86. The molecule has 0 aromatic rings. The molecule has 4 rings (SSSR count). The molecule has 1 saturated heterocycles. The van der Waals surface area contributed by atoms with Crippen molar-refractivity contribution in [2.24, 2.45) is 5.92 Å². The molecule has 0 bridgehead atoms. The van der Waals surface area contributed by atoms with Gasteiger partial charge >= 0.3 is 0 Å². The van der Waals surface area contributed by atoms with Crippen LogP contribution in [0, 0.1) is 5.92 Å². The van der Waals surface area contributed by atoms with Crippen LogP contribution in [0.15, 0.2) is 46.8 Å². The fraction of sp³-hybridized carbons (Fsp3) is 0.471. The van der Waals surface area contributed by atoms with Crippen LogP contribution in [0.1, 0.15) is 26.2 Å². The van der Waals surface area contributed by atoms with E-state index in [4.69, 9.17) is 9.47 Å². The number of aliphatic hydroxyl groups is 1. The van der Waals surface area contributed by atoms with Crippen LogP contribution in [0.4, 0.5) is 0 Å². The number of carbonyl (C=O) groups excluding carboxylic acids is 1. The van der Waals surface area contributed by atoms with Gasteiger partial charge in [0.25, 0.3) is 5.91 Å². The number of aliphatic hydroxyl groups excluding tert-OH is 1. The van der Waals surface area contributed by atoms with Crippen molar-refractivity contribution in [3.63, 3.8) is 0 Å². The standard InChI is InChI=1S/C17H19NO4/c1-9-6-14(22-17(9)20)21-8-13-12-7-10-4-2-3-5-11(10)15(12)18-16(13)19/h2,4,6,8,12,14-15,17,20H,3,5,7H2,1H3,(H,18,19)/t12?,14-,15?,17?/m0/s1. The number of allylic oxidation sites excluding steroid dienone is 3. The summed E-state index contributed by atoms with van der Waals surface area (Å²) in [5.74, 6) is 0.0898. The minimum absolute atomic E-state index is 0.0599. The SMILES string of the molecule is CC1=C[C@@H](OC=C2C(=O)NC3C4=C(C=CCC4)CC23)OC1O. The van der Waals surface area contributed by atoms with Crippen molar-refractivity contribution in [1.82, 2.24) is 5.32 Å². The van der Waals surface area contributed by atoms with Crippen molar-refractivity contribution in [3.05, 3.63) is 46.8 Å². The first kappa shape index (κ1) is 13.8. The predicted octanol–water partition coefficient (Wildman–Crippen LogP) is 1.67.